The maximum Gasteiger partial charge on any atom is 0.333 e. The van der Waals surface area contributed by atoms with E-state index in [1.165, 1.54) is 44.9 Å². The molecule has 0 aliphatic rings. The monoisotopic (exact) mass is 324 g/mol. The molecule has 0 fully saturated rings. The molecule has 0 aliphatic heterocycles. The van der Waals surface area contributed by atoms with Crippen molar-refractivity contribution < 1.29 is 9.53 Å². The highest BCUT2D eigenvalue weighted by Gasteiger charge is 2.08. The van der Waals surface area contributed by atoms with Gasteiger partial charge in [-0.15, -0.1) is 0 Å². The van der Waals surface area contributed by atoms with Crippen molar-refractivity contribution in [3.05, 3.63) is 12.2 Å². The largest absolute Gasteiger partial charge is 0.462 e. The van der Waals surface area contributed by atoms with Crippen LogP contribution in [0.3, 0.4) is 0 Å². The van der Waals surface area contributed by atoms with E-state index < -0.39 is 0 Å². The summed E-state index contributed by atoms with van der Waals surface area (Å²) in [4.78, 5) is 11.8. The van der Waals surface area contributed by atoms with Crippen LogP contribution < -0.4 is 0 Å². The Kier molecular flexibility index (Phi) is 14.3. The molecule has 0 aromatic heterocycles. The third kappa shape index (κ3) is 15.9. The zero-order chi connectivity index (χ0) is 17.5. The molecule has 0 N–H and O–H groups in total. The van der Waals surface area contributed by atoms with Gasteiger partial charge < -0.3 is 4.74 Å². The van der Waals surface area contributed by atoms with E-state index in [0.717, 1.165) is 37.5 Å². The van der Waals surface area contributed by atoms with Crippen LogP contribution in [0, 0.1) is 11.8 Å². The van der Waals surface area contributed by atoms with E-state index in [1.54, 1.807) is 0 Å². The number of esters is 1. The van der Waals surface area contributed by atoms with Crippen LogP contribution in [0.5, 0.6) is 0 Å². The van der Waals surface area contributed by atoms with Crippen LogP contribution in [-0.2, 0) is 9.53 Å². The summed E-state index contributed by atoms with van der Waals surface area (Å²) < 4.78 is 5.29. The van der Waals surface area contributed by atoms with Gasteiger partial charge in [-0.25, -0.2) is 4.79 Å². The number of hydrogen-bond donors (Lipinski definition) is 0. The van der Waals surface area contributed by atoms with Crippen LogP contribution >= 0.6 is 0 Å². The molecule has 0 aliphatic carbocycles. The maximum absolute atomic E-state index is 11.8. The van der Waals surface area contributed by atoms with E-state index >= 15 is 0 Å². The van der Waals surface area contributed by atoms with E-state index in [1.807, 2.05) is 0 Å². The van der Waals surface area contributed by atoms with Crippen molar-refractivity contribution >= 4 is 5.97 Å². The van der Waals surface area contributed by atoms with Gasteiger partial charge in [0.15, 0.2) is 0 Å². The van der Waals surface area contributed by atoms with E-state index in [-0.39, 0.29) is 5.97 Å². The second-order valence-electron chi connectivity index (χ2n) is 7.68. The molecule has 0 heterocycles. The zero-order valence-corrected chi connectivity index (χ0v) is 16.2. The lowest BCUT2D eigenvalue weighted by Crippen LogP contribution is -2.08. The van der Waals surface area contributed by atoms with Crippen LogP contribution in [0.4, 0.5) is 0 Å². The Morgan fingerprint density at radius 1 is 0.783 bits per heavy atom. The molecule has 0 saturated heterocycles. The van der Waals surface area contributed by atoms with Crippen molar-refractivity contribution in [1.82, 2.24) is 0 Å². The second kappa shape index (κ2) is 14.8. The van der Waals surface area contributed by atoms with Crippen LogP contribution in [-0.4, -0.2) is 12.6 Å². The summed E-state index contributed by atoms with van der Waals surface area (Å²) in [6.07, 6.45) is 12.9. The number of hydrogen-bond acceptors (Lipinski definition) is 2. The molecular formula is C21H40O2. The molecule has 2 heteroatoms. The van der Waals surface area contributed by atoms with Gasteiger partial charge in [-0.3, -0.25) is 0 Å². The van der Waals surface area contributed by atoms with Gasteiger partial charge in [0.25, 0.3) is 0 Å². The topological polar surface area (TPSA) is 26.3 Å². The third-order valence-electron chi connectivity index (χ3n) is 4.21. The van der Waals surface area contributed by atoms with Gasteiger partial charge in [0.05, 0.1) is 6.61 Å². The number of ether oxygens (including phenoxy) is 1. The van der Waals surface area contributed by atoms with Gasteiger partial charge in [0.1, 0.15) is 0 Å². The summed E-state index contributed by atoms with van der Waals surface area (Å²) in [5, 5.41) is 0. The van der Waals surface area contributed by atoms with Gasteiger partial charge >= 0.3 is 5.97 Å². The zero-order valence-electron chi connectivity index (χ0n) is 16.2. The Labute approximate surface area is 145 Å². The van der Waals surface area contributed by atoms with Crippen LogP contribution in [0.25, 0.3) is 0 Å². The highest BCUT2D eigenvalue weighted by atomic mass is 16.5. The SMILES string of the molecule is C=C(CCCCCCCC(C)C)C(=O)OCCCCCC(C)C. The summed E-state index contributed by atoms with van der Waals surface area (Å²) in [5.41, 5.74) is 0.648. The first-order valence-electron chi connectivity index (χ1n) is 9.78. The number of unbranched alkanes of at least 4 members (excludes halogenated alkanes) is 6. The lowest BCUT2D eigenvalue weighted by molar-refractivity contribution is -0.139. The fourth-order valence-corrected chi connectivity index (χ4v) is 2.62. The van der Waals surface area contributed by atoms with E-state index in [2.05, 4.69) is 34.3 Å². The minimum absolute atomic E-state index is 0.186. The number of rotatable bonds is 15. The summed E-state index contributed by atoms with van der Waals surface area (Å²) in [6, 6.07) is 0. The lowest BCUT2D eigenvalue weighted by Gasteiger charge is -2.08. The fraction of sp³-hybridized carbons (Fsp3) is 0.857. The van der Waals surface area contributed by atoms with Crippen LogP contribution in [0.2, 0.25) is 0 Å². The summed E-state index contributed by atoms with van der Waals surface area (Å²) >= 11 is 0. The average molecular weight is 325 g/mol. The van der Waals surface area contributed by atoms with Crippen LogP contribution in [0.1, 0.15) is 98.3 Å². The predicted octanol–water partition coefficient (Wildman–Crippen LogP) is 6.69. The Morgan fingerprint density at radius 3 is 1.83 bits per heavy atom. The molecule has 0 aromatic carbocycles. The summed E-state index contributed by atoms with van der Waals surface area (Å²) in [7, 11) is 0. The van der Waals surface area contributed by atoms with Crippen molar-refractivity contribution in [2.45, 2.75) is 98.3 Å². The van der Waals surface area contributed by atoms with Gasteiger partial charge in [0.2, 0.25) is 0 Å². The smallest absolute Gasteiger partial charge is 0.333 e. The number of carbonyl (C=O) groups is 1. The third-order valence-corrected chi connectivity index (χ3v) is 4.21. The Bertz CT molecular complexity index is 305. The Morgan fingerprint density at radius 2 is 1.26 bits per heavy atom. The van der Waals surface area contributed by atoms with Gasteiger partial charge in [0, 0.05) is 5.57 Å². The molecule has 0 rings (SSSR count). The molecule has 0 atom stereocenters. The van der Waals surface area contributed by atoms with Crippen molar-refractivity contribution in [2.75, 3.05) is 6.61 Å². The Balaban J connectivity index is 3.43. The van der Waals surface area contributed by atoms with Gasteiger partial charge in [-0.05, 0) is 31.1 Å². The Hall–Kier alpha value is -0.790. The van der Waals surface area contributed by atoms with Crippen molar-refractivity contribution in [3.63, 3.8) is 0 Å². The minimum Gasteiger partial charge on any atom is -0.462 e. The van der Waals surface area contributed by atoms with Gasteiger partial charge in [-0.2, -0.15) is 0 Å². The molecule has 0 unspecified atom stereocenters. The van der Waals surface area contributed by atoms with E-state index in [9.17, 15) is 4.79 Å². The summed E-state index contributed by atoms with van der Waals surface area (Å²) in [5.74, 6) is 1.39. The minimum atomic E-state index is -0.186. The van der Waals surface area contributed by atoms with E-state index in [4.69, 9.17) is 4.74 Å². The lowest BCUT2D eigenvalue weighted by atomic mass is 10.0. The normalized spacial score (nSPS) is 11.2. The highest BCUT2D eigenvalue weighted by molar-refractivity contribution is 5.87. The molecule has 0 aromatic rings. The standard InChI is InChI=1S/C21H40O2/c1-18(2)14-10-7-6-8-12-16-20(5)21(22)23-17-13-9-11-15-19(3)4/h18-19H,5-17H2,1-4H3. The van der Waals surface area contributed by atoms with Gasteiger partial charge in [-0.1, -0.05) is 85.6 Å². The maximum atomic E-state index is 11.8. The first-order valence-corrected chi connectivity index (χ1v) is 9.78. The second-order valence-corrected chi connectivity index (χ2v) is 7.68. The summed E-state index contributed by atoms with van der Waals surface area (Å²) in [6.45, 7) is 13.5. The highest BCUT2D eigenvalue weighted by Crippen LogP contribution is 2.14. The predicted molar refractivity (Wildman–Crippen MR) is 101 cm³/mol. The van der Waals surface area contributed by atoms with Crippen LogP contribution in [0.15, 0.2) is 12.2 Å². The molecule has 2 nitrogen and oxygen atoms in total. The molecule has 0 spiro atoms. The van der Waals surface area contributed by atoms with E-state index in [0.29, 0.717) is 12.2 Å². The fourth-order valence-electron chi connectivity index (χ4n) is 2.62. The molecule has 0 bridgehead atoms. The van der Waals surface area contributed by atoms with Crippen molar-refractivity contribution in [3.8, 4) is 0 Å². The first-order chi connectivity index (χ1) is 10.9. The number of carbonyl (C=O) groups excluding carboxylic acids is 1. The van der Waals surface area contributed by atoms with Crippen molar-refractivity contribution in [2.24, 2.45) is 11.8 Å². The molecule has 23 heavy (non-hydrogen) atoms. The quantitative estimate of drug-likeness (QED) is 0.190. The molecule has 0 radical (unpaired) electrons. The molecule has 136 valence electrons. The molecule has 0 amide bonds. The molecule has 0 saturated carbocycles. The van der Waals surface area contributed by atoms with Crippen molar-refractivity contribution in [1.29, 1.82) is 0 Å². The molecular weight excluding hydrogens is 284 g/mol. The first kappa shape index (κ1) is 22.2. The average Bonchev–Trinajstić information content (AvgIpc) is 2.48.